The highest BCUT2D eigenvalue weighted by Gasteiger charge is 2.38. The van der Waals surface area contributed by atoms with E-state index in [1.165, 1.54) is 19.4 Å². The molecule has 2 fully saturated rings. The average Bonchev–Trinajstić information content (AvgIpc) is 2.30. The second kappa shape index (κ2) is 3.56. The van der Waals surface area contributed by atoms with E-state index in [1.54, 1.807) is 7.11 Å². The van der Waals surface area contributed by atoms with Crippen molar-refractivity contribution < 1.29 is 4.74 Å². The molecule has 76 valence electrons. The van der Waals surface area contributed by atoms with E-state index in [4.69, 9.17) is 10.5 Å². The molecule has 2 N–H and O–H groups in total. The van der Waals surface area contributed by atoms with E-state index in [0.717, 1.165) is 12.6 Å². The van der Waals surface area contributed by atoms with E-state index in [-0.39, 0.29) is 0 Å². The van der Waals surface area contributed by atoms with Crippen LogP contribution in [-0.2, 0) is 4.74 Å². The summed E-state index contributed by atoms with van der Waals surface area (Å²) >= 11 is 0. The topological polar surface area (TPSA) is 38.5 Å². The average molecular weight is 184 g/mol. The van der Waals surface area contributed by atoms with Gasteiger partial charge in [0.05, 0.1) is 6.10 Å². The van der Waals surface area contributed by atoms with Crippen LogP contribution >= 0.6 is 0 Å². The van der Waals surface area contributed by atoms with Crippen LogP contribution in [0, 0.1) is 5.92 Å². The molecule has 0 aromatic rings. The summed E-state index contributed by atoms with van der Waals surface area (Å²) in [4.78, 5) is 2.53. The lowest BCUT2D eigenvalue weighted by atomic mass is 9.88. The molecule has 0 amide bonds. The fraction of sp³-hybridized carbons (Fsp3) is 1.00. The molecular weight excluding hydrogens is 164 g/mol. The van der Waals surface area contributed by atoms with Crippen molar-refractivity contribution in [2.45, 2.75) is 38.0 Å². The molecule has 0 spiro atoms. The zero-order valence-corrected chi connectivity index (χ0v) is 8.57. The van der Waals surface area contributed by atoms with Crippen LogP contribution in [0.4, 0.5) is 0 Å². The van der Waals surface area contributed by atoms with Gasteiger partial charge in [-0.05, 0) is 18.8 Å². The number of nitrogens with two attached hydrogens (primary N) is 1. The lowest BCUT2D eigenvalue weighted by molar-refractivity contribution is -0.0211. The molecule has 2 atom stereocenters. The van der Waals surface area contributed by atoms with Gasteiger partial charge in [0.15, 0.2) is 0 Å². The van der Waals surface area contributed by atoms with Crippen LogP contribution in [0.25, 0.3) is 0 Å². The lowest BCUT2D eigenvalue weighted by Gasteiger charge is -2.40. The Hall–Kier alpha value is -0.120. The van der Waals surface area contributed by atoms with Gasteiger partial charge in [0, 0.05) is 32.3 Å². The summed E-state index contributed by atoms with van der Waals surface area (Å²) in [5.74, 6) is 0.668. The molecule has 0 radical (unpaired) electrons. The van der Waals surface area contributed by atoms with Crippen molar-refractivity contribution in [3.8, 4) is 0 Å². The second-order valence-corrected chi connectivity index (χ2v) is 4.58. The van der Waals surface area contributed by atoms with Gasteiger partial charge in [-0.3, -0.25) is 4.90 Å². The number of rotatable bonds is 2. The third-order valence-corrected chi connectivity index (χ3v) is 3.62. The minimum Gasteiger partial charge on any atom is -0.381 e. The Kier molecular flexibility index (Phi) is 2.58. The normalized spacial score (nSPS) is 46.4. The monoisotopic (exact) mass is 184 g/mol. The third-order valence-electron chi connectivity index (χ3n) is 3.62. The summed E-state index contributed by atoms with van der Waals surface area (Å²) in [5.41, 5.74) is 5.98. The lowest BCUT2D eigenvalue weighted by Crippen LogP contribution is -2.47. The standard InChI is InChI=1S/C10H20N2O/c1-7-5-12(6-10(7)11)8-3-9(4-8)13-2/h7-10H,3-6,11H2,1-2H3. The van der Waals surface area contributed by atoms with Gasteiger partial charge in [-0.2, -0.15) is 0 Å². The maximum atomic E-state index is 5.98. The van der Waals surface area contributed by atoms with Crippen LogP contribution in [0.3, 0.4) is 0 Å². The Morgan fingerprint density at radius 3 is 2.46 bits per heavy atom. The minimum atomic E-state index is 0.390. The van der Waals surface area contributed by atoms with Crippen molar-refractivity contribution in [2.75, 3.05) is 20.2 Å². The van der Waals surface area contributed by atoms with Crippen molar-refractivity contribution in [3.05, 3.63) is 0 Å². The molecule has 2 aliphatic rings. The van der Waals surface area contributed by atoms with Gasteiger partial charge in [0.1, 0.15) is 0 Å². The first-order chi connectivity index (χ1) is 6.20. The summed E-state index contributed by atoms with van der Waals surface area (Å²) < 4.78 is 5.27. The number of hydrogen-bond acceptors (Lipinski definition) is 3. The Bertz CT molecular complexity index is 170. The van der Waals surface area contributed by atoms with Gasteiger partial charge in [-0.1, -0.05) is 6.92 Å². The third kappa shape index (κ3) is 1.73. The smallest absolute Gasteiger partial charge is 0.0601 e. The van der Waals surface area contributed by atoms with Crippen LogP contribution in [-0.4, -0.2) is 43.3 Å². The molecule has 0 bridgehead atoms. The molecule has 13 heavy (non-hydrogen) atoms. The highest BCUT2D eigenvalue weighted by molar-refractivity contribution is 4.94. The van der Waals surface area contributed by atoms with Gasteiger partial charge in [-0.15, -0.1) is 0 Å². The Morgan fingerprint density at radius 2 is 2.00 bits per heavy atom. The van der Waals surface area contributed by atoms with Crippen LogP contribution in [0.5, 0.6) is 0 Å². The first kappa shape index (κ1) is 9.44. The summed E-state index contributed by atoms with van der Waals surface area (Å²) in [6.45, 7) is 4.52. The second-order valence-electron chi connectivity index (χ2n) is 4.58. The van der Waals surface area contributed by atoms with Crippen LogP contribution in [0.1, 0.15) is 19.8 Å². The Balaban J connectivity index is 1.78. The fourth-order valence-electron chi connectivity index (χ4n) is 2.36. The van der Waals surface area contributed by atoms with Gasteiger partial charge in [-0.25, -0.2) is 0 Å². The van der Waals surface area contributed by atoms with Crippen molar-refractivity contribution in [1.82, 2.24) is 4.90 Å². The van der Waals surface area contributed by atoms with Gasteiger partial charge >= 0.3 is 0 Å². The van der Waals surface area contributed by atoms with E-state index in [1.807, 2.05) is 0 Å². The van der Waals surface area contributed by atoms with Crippen molar-refractivity contribution in [1.29, 1.82) is 0 Å². The van der Waals surface area contributed by atoms with E-state index >= 15 is 0 Å². The molecule has 1 saturated heterocycles. The summed E-state index contributed by atoms with van der Waals surface area (Å²) in [6.07, 6.45) is 2.92. The molecule has 1 heterocycles. The Morgan fingerprint density at radius 1 is 1.31 bits per heavy atom. The molecule has 3 heteroatoms. The zero-order valence-electron chi connectivity index (χ0n) is 8.57. The molecule has 1 aliphatic heterocycles. The molecule has 1 aliphatic carbocycles. The van der Waals surface area contributed by atoms with E-state index in [0.29, 0.717) is 18.1 Å². The van der Waals surface area contributed by atoms with Crippen molar-refractivity contribution in [3.63, 3.8) is 0 Å². The molecule has 0 aromatic carbocycles. The maximum Gasteiger partial charge on any atom is 0.0601 e. The van der Waals surface area contributed by atoms with Gasteiger partial charge in [0.25, 0.3) is 0 Å². The molecule has 1 saturated carbocycles. The largest absolute Gasteiger partial charge is 0.381 e. The number of nitrogens with zero attached hydrogens (tertiary/aromatic N) is 1. The summed E-state index contributed by atoms with van der Waals surface area (Å²) in [7, 11) is 1.80. The van der Waals surface area contributed by atoms with Crippen LogP contribution in [0.15, 0.2) is 0 Å². The highest BCUT2D eigenvalue weighted by Crippen LogP contribution is 2.31. The molecule has 2 unspecified atom stereocenters. The van der Waals surface area contributed by atoms with Gasteiger partial charge in [0.2, 0.25) is 0 Å². The number of likely N-dealkylation sites (tertiary alicyclic amines) is 1. The quantitative estimate of drug-likeness (QED) is 0.677. The molecular formula is C10H20N2O. The zero-order chi connectivity index (χ0) is 9.42. The van der Waals surface area contributed by atoms with E-state index < -0.39 is 0 Å². The predicted molar refractivity (Wildman–Crippen MR) is 52.5 cm³/mol. The van der Waals surface area contributed by atoms with Crippen LogP contribution in [0.2, 0.25) is 0 Å². The highest BCUT2D eigenvalue weighted by atomic mass is 16.5. The first-order valence-electron chi connectivity index (χ1n) is 5.23. The summed E-state index contributed by atoms with van der Waals surface area (Å²) in [6, 6.07) is 1.14. The maximum absolute atomic E-state index is 5.98. The first-order valence-corrected chi connectivity index (χ1v) is 5.23. The summed E-state index contributed by atoms with van der Waals surface area (Å²) in [5, 5.41) is 0. The van der Waals surface area contributed by atoms with E-state index in [2.05, 4.69) is 11.8 Å². The van der Waals surface area contributed by atoms with E-state index in [9.17, 15) is 0 Å². The number of methoxy groups -OCH3 is 1. The fourth-order valence-corrected chi connectivity index (χ4v) is 2.36. The van der Waals surface area contributed by atoms with Crippen molar-refractivity contribution >= 4 is 0 Å². The van der Waals surface area contributed by atoms with Crippen LogP contribution < -0.4 is 5.73 Å². The molecule has 2 rings (SSSR count). The van der Waals surface area contributed by atoms with Gasteiger partial charge < -0.3 is 10.5 Å². The molecule has 3 nitrogen and oxygen atoms in total. The minimum absolute atomic E-state index is 0.390. The SMILES string of the molecule is COC1CC(N2CC(C)C(N)C2)C1. The predicted octanol–water partition coefficient (Wildman–Crippen LogP) is 0.443. The Labute approximate surface area is 80.2 Å². The van der Waals surface area contributed by atoms with Crippen molar-refractivity contribution in [2.24, 2.45) is 11.7 Å². The number of hydrogen-bond donors (Lipinski definition) is 1. The number of ether oxygens (including phenoxy) is 1. The molecule has 0 aromatic heterocycles.